The second-order valence-corrected chi connectivity index (χ2v) is 8.76. The van der Waals surface area contributed by atoms with Crippen LogP contribution in [0.1, 0.15) is 13.8 Å². The second-order valence-electron chi connectivity index (χ2n) is 5.78. The predicted octanol–water partition coefficient (Wildman–Crippen LogP) is 1.45. The lowest BCUT2D eigenvalue weighted by molar-refractivity contribution is -0.116. The zero-order valence-electron chi connectivity index (χ0n) is 13.5. The maximum atomic E-state index is 12.7. The number of amides is 1. The molecular weight excluding hydrogens is 375 g/mol. The molecule has 1 aromatic carbocycles. The highest BCUT2D eigenvalue weighted by Gasteiger charge is 2.42. The number of carbonyl (C=O) groups excluding carboxylic acids is 1. The summed E-state index contributed by atoms with van der Waals surface area (Å²) in [4.78, 5) is 12.2. The standard InChI is InChI=1S/C14H20Cl2N4O3S/c1-8-14(9(2)19-18-8)24(22,23)20(3)7-12(21)17-11-6-4-5-10(15)13(11)16/h4-6,8-9,14,18-19H,7H2,1-3H3,(H,17,21). The quantitative estimate of drug-likeness (QED) is 0.702. The number of hydrogen-bond acceptors (Lipinski definition) is 5. The van der Waals surface area contributed by atoms with Crippen molar-refractivity contribution in [2.45, 2.75) is 31.2 Å². The highest BCUT2D eigenvalue weighted by molar-refractivity contribution is 7.89. The molecule has 0 radical (unpaired) electrons. The van der Waals surface area contributed by atoms with E-state index in [1.54, 1.807) is 32.0 Å². The number of rotatable bonds is 5. The summed E-state index contributed by atoms with van der Waals surface area (Å²) in [5.74, 6) is -0.496. The molecule has 1 aliphatic rings. The van der Waals surface area contributed by atoms with Crippen LogP contribution in [-0.4, -0.2) is 49.6 Å². The molecule has 1 amide bonds. The van der Waals surface area contributed by atoms with Crippen LogP contribution in [0.15, 0.2) is 18.2 Å². The van der Waals surface area contributed by atoms with Crippen LogP contribution in [0.3, 0.4) is 0 Å². The van der Waals surface area contributed by atoms with Gasteiger partial charge in [-0.1, -0.05) is 29.3 Å². The van der Waals surface area contributed by atoms with Gasteiger partial charge in [0.25, 0.3) is 0 Å². The maximum Gasteiger partial charge on any atom is 0.239 e. The largest absolute Gasteiger partial charge is 0.324 e. The summed E-state index contributed by atoms with van der Waals surface area (Å²) in [6.07, 6.45) is 0. The highest BCUT2D eigenvalue weighted by Crippen LogP contribution is 2.29. The smallest absolute Gasteiger partial charge is 0.239 e. The Kier molecular flexibility index (Phi) is 6.11. The van der Waals surface area contributed by atoms with E-state index in [1.165, 1.54) is 7.05 Å². The Balaban J connectivity index is 2.07. The molecule has 3 N–H and O–H groups in total. The molecule has 2 rings (SSSR count). The molecule has 1 fully saturated rings. The number of benzene rings is 1. The minimum absolute atomic E-state index is 0.212. The molecule has 0 saturated carbocycles. The predicted molar refractivity (Wildman–Crippen MR) is 95.6 cm³/mol. The van der Waals surface area contributed by atoms with Crippen LogP contribution in [0.4, 0.5) is 5.69 Å². The van der Waals surface area contributed by atoms with Gasteiger partial charge in [0, 0.05) is 19.1 Å². The summed E-state index contributed by atoms with van der Waals surface area (Å²) in [6.45, 7) is 3.23. The van der Waals surface area contributed by atoms with Gasteiger partial charge in [-0.2, -0.15) is 4.31 Å². The summed E-state index contributed by atoms with van der Waals surface area (Å²) in [7, 11) is -2.27. The average molecular weight is 395 g/mol. The number of anilines is 1. The van der Waals surface area contributed by atoms with Crippen molar-refractivity contribution in [3.63, 3.8) is 0 Å². The Hall–Kier alpha value is -0.900. The zero-order chi connectivity index (χ0) is 18.1. The van der Waals surface area contributed by atoms with Crippen LogP contribution in [0.2, 0.25) is 10.0 Å². The number of sulfonamides is 1. The van der Waals surface area contributed by atoms with Crippen molar-refractivity contribution in [3.05, 3.63) is 28.2 Å². The van der Waals surface area contributed by atoms with Crippen LogP contribution in [0.25, 0.3) is 0 Å². The Bertz CT molecular complexity index is 719. The fourth-order valence-corrected chi connectivity index (χ4v) is 4.89. The SMILES string of the molecule is CC1NNC(C)C1S(=O)(=O)N(C)CC(=O)Nc1cccc(Cl)c1Cl. The van der Waals surface area contributed by atoms with Gasteiger partial charge in [-0.3, -0.25) is 15.6 Å². The van der Waals surface area contributed by atoms with E-state index in [9.17, 15) is 13.2 Å². The van der Waals surface area contributed by atoms with Crippen molar-refractivity contribution in [3.8, 4) is 0 Å². The molecule has 134 valence electrons. The second kappa shape index (κ2) is 7.55. The number of nitrogens with one attached hydrogen (secondary N) is 3. The third-order valence-electron chi connectivity index (χ3n) is 3.89. The molecule has 2 unspecified atom stereocenters. The maximum absolute atomic E-state index is 12.7. The van der Waals surface area contributed by atoms with Gasteiger partial charge in [-0.05, 0) is 26.0 Å². The summed E-state index contributed by atoms with van der Waals surface area (Å²) in [6, 6.07) is 4.30. The van der Waals surface area contributed by atoms with Crippen molar-refractivity contribution < 1.29 is 13.2 Å². The van der Waals surface area contributed by atoms with E-state index in [4.69, 9.17) is 23.2 Å². The van der Waals surface area contributed by atoms with Crippen LogP contribution >= 0.6 is 23.2 Å². The normalized spacial score (nSPS) is 24.3. The van der Waals surface area contributed by atoms with Crippen LogP contribution in [0, 0.1) is 0 Å². The van der Waals surface area contributed by atoms with Gasteiger partial charge < -0.3 is 5.32 Å². The van der Waals surface area contributed by atoms with Gasteiger partial charge in [0.05, 0.1) is 22.3 Å². The van der Waals surface area contributed by atoms with Crippen LogP contribution in [0.5, 0.6) is 0 Å². The summed E-state index contributed by atoms with van der Waals surface area (Å²) < 4.78 is 26.4. The van der Waals surface area contributed by atoms with Crippen LogP contribution in [-0.2, 0) is 14.8 Å². The Morgan fingerprint density at radius 1 is 1.25 bits per heavy atom. The average Bonchev–Trinajstić information content (AvgIpc) is 2.83. The third kappa shape index (κ3) is 4.01. The number of likely N-dealkylation sites (N-methyl/N-ethyl adjacent to an activating group) is 1. The molecule has 1 aliphatic heterocycles. The lowest BCUT2D eigenvalue weighted by atomic mass is 10.2. The number of hydrazine groups is 1. The molecule has 0 aromatic heterocycles. The van der Waals surface area contributed by atoms with E-state index < -0.39 is 21.2 Å². The van der Waals surface area contributed by atoms with Gasteiger partial charge in [0.2, 0.25) is 15.9 Å². The summed E-state index contributed by atoms with van der Waals surface area (Å²) in [5, 5.41) is 2.43. The molecule has 0 aliphatic carbocycles. The van der Waals surface area contributed by atoms with E-state index in [-0.39, 0.29) is 23.7 Å². The van der Waals surface area contributed by atoms with Crippen molar-refractivity contribution in [2.75, 3.05) is 18.9 Å². The molecule has 1 saturated heterocycles. The van der Waals surface area contributed by atoms with Gasteiger partial charge in [0.1, 0.15) is 5.25 Å². The Labute approximate surface area is 151 Å². The van der Waals surface area contributed by atoms with Gasteiger partial charge in [0.15, 0.2) is 0 Å². The number of hydrogen-bond donors (Lipinski definition) is 3. The lowest BCUT2D eigenvalue weighted by Gasteiger charge is -2.25. The molecule has 7 nitrogen and oxygen atoms in total. The first-order valence-electron chi connectivity index (χ1n) is 7.34. The topological polar surface area (TPSA) is 90.5 Å². The van der Waals surface area contributed by atoms with E-state index in [2.05, 4.69) is 16.2 Å². The van der Waals surface area contributed by atoms with E-state index >= 15 is 0 Å². The molecular formula is C14H20Cl2N4O3S. The number of nitrogens with zero attached hydrogens (tertiary/aromatic N) is 1. The third-order valence-corrected chi connectivity index (χ3v) is 7.22. The number of carbonyl (C=O) groups is 1. The summed E-state index contributed by atoms with van der Waals surface area (Å²) in [5.41, 5.74) is 6.14. The van der Waals surface area contributed by atoms with E-state index in [0.29, 0.717) is 10.7 Å². The zero-order valence-corrected chi connectivity index (χ0v) is 15.8. The first kappa shape index (κ1) is 19.4. The molecule has 0 spiro atoms. The molecule has 2 atom stereocenters. The summed E-state index contributed by atoms with van der Waals surface area (Å²) >= 11 is 11.9. The molecule has 10 heteroatoms. The van der Waals surface area contributed by atoms with Gasteiger partial charge >= 0.3 is 0 Å². The highest BCUT2D eigenvalue weighted by atomic mass is 35.5. The Morgan fingerprint density at radius 2 is 1.83 bits per heavy atom. The van der Waals surface area contributed by atoms with Crippen LogP contribution < -0.4 is 16.2 Å². The van der Waals surface area contributed by atoms with E-state index in [0.717, 1.165) is 4.31 Å². The fourth-order valence-electron chi connectivity index (χ4n) is 2.67. The first-order valence-corrected chi connectivity index (χ1v) is 9.60. The minimum Gasteiger partial charge on any atom is -0.324 e. The van der Waals surface area contributed by atoms with Crippen molar-refractivity contribution >= 4 is 44.8 Å². The van der Waals surface area contributed by atoms with Crippen molar-refractivity contribution in [1.82, 2.24) is 15.2 Å². The Morgan fingerprint density at radius 3 is 2.42 bits per heavy atom. The monoisotopic (exact) mass is 394 g/mol. The minimum atomic E-state index is -3.65. The molecule has 24 heavy (non-hydrogen) atoms. The van der Waals surface area contributed by atoms with Crippen molar-refractivity contribution in [2.24, 2.45) is 0 Å². The number of halogens is 2. The molecule has 1 heterocycles. The first-order chi connectivity index (χ1) is 11.1. The van der Waals surface area contributed by atoms with E-state index in [1.807, 2.05) is 0 Å². The van der Waals surface area contributed by atoms with Gasteiger partial charge in [-0.15, -0.1) is 0 Å². The van der Waals surface area contributed by atoms with Crippen molar-refractivity contribution in [1.29, 1.82) is 0 Å². The lowest BCUT2D eigenvalue weighted by Crippen LogP contribution is -2.47. The molecule has 1 aromatic rings. The fraction of sp³-hybridized carbons (Fsp3) is 0.500. The van der Waals surface area contributed by atoms with Gasteiger partial charge in [-0.25, -0.2) is 8.42 Å². The molecule has 0 bridgehead atoms.